The van der Waals surface area contributed by atoms with Crippen LogP contribution in [0.5, 0.6) is 0 Å². The molecule has 0 aliphatic carbocycles. The van der Waals surface area contributed by atoms with E-state index in [2.05, 4.69) is 36.9 Å². The average molecular weight is 329 g/mol. The van der Waals surface area contributed by atoms with Gasteiger partial charge in [-0.1, -0.05) is 15.9 Å². The summed E-state index contributed by atoms with van der Waals surface area (Å²) >= 11 is 3.58. The molecule has 0 bridgehead atoms. The van der Waals surface area contributed by atoms with Crippen LogP contribution in [0.1, 0.15) is 22.4 Å². The first kappa shape index (κ1) is 13.2. The van der Waals surface area contributed by atoms with Gasteiger partial charge in [0, 0.05) is 42.7 Å². The lowest BCUT2D eigenvalue weighted by Gasteiger charge is -2.28. The number of halogens is 1. The van der Waals surface area contributed by atoms with Crippen LogP contribution in [-0.4, -0.2) is 21.4 Å². The smallest absolute Gasteiger partial charge is 0.101 e. The van der Waals surface area contributed by atoms with E-state index in [9.17, 15) is 0 Å². The fraction of sp³-hybridized carbons (Fsp3) is 0.267. The van der Waals surface area contributed by atoms with Gasteiger partial charge in [0.2, 0.25) is 0 Å². The first-order chi connectivity index (χ1) is 9.78. The minimum Gasteiger partial charge on any atom is -0.293 e. The van der Waals surface area contributed by atoms with Crippen LogP contribution in [0.2, 0.25) is 0 Å². The Balaban J connectivity index is 1.80. The van der Waals surface area contributed by atoms with Gasteiger partial charge in [-0.3, -0.25) is 14.9 Å². The Hall–Kier alpha value is -1.77. The maximum atomic E-state index is 9.12. The standard InChI is InChI=1S/C15H13BrN4/c16-14-2-5-19-15-10-20(6-3-13(14)15)9-11-1-4-18-8-12(11)7-17/h1-2,4-5,8H,3,6,9-10H2. The first-order valence-electron chi connectivity index (χ1n) is 6.45. The first-order valence-corrected chi connectivity index (χ1v) is 7.25. The summed E-state index contributed by atoms with van der Waals surface area (Å²) in [6.45, 7) is 2.56. The van der Waals surface area contributed by atoms with Crippen LogP contribution >= 0.6 is 15.9 Å². The van der Waals surface area contributed by atoms with Crippen molar-refractivity contribution in [2.24, 2.45) is 0 Å². The summed E-state index contributed by atoms with van der Waals surface area (Å²) in [5.74, 6) is 0. The van der Waals surface area contributed by atoms with E-state index in [-0.39, 0.29) is 0 Å². The molecule has 0 radical (unpaired) electrons. The van der Waals surface area contributed by atoms with Crippen LogP contribution in [0.4, 0.5) is 0 Å². The van der Waals surface area contributed by atoms with E-state index < -0.39 is 0 Å². The van der Waals surface area contributed by atoms with Crippen molar-refractivity contribution in [2.45, 2.75) is 19.5 Å². The lowest BCUT2D eigenvalue weighted by molar-refractivity contribution is 0.241. The van der Waals surface area contributed by atoms with E-state index in [0.29, 0.717) is 5.56 Å². The summed E-state index contributed by atoms with van der Waals surface area (Å²) in [7, 11) is 0. The van der Waals surface area contributed by atoms with E-state index >= 15 is 0 Å². The lowest BCUT2D eigenvalue weighted by Crippen LogP contribution is -2.31. The van der Waals surface area contributed by atoms with Crippen LogP contribution in [0, 0.1) is 11.3 Å². The van der Waals surface area contributed by atoms with Crippen molar-refractivity contribution in [1.82, 2.24) is 14.9 Å². The van der Waals surface area contributed by atoms with Gasteiger partial charge < -0.3 is 0 Å². The second-order valence-electron chi connectivity index (χ2n) is 4.82. The van der Waals surface area contributed by atoms with E-state index in [1.807, 2.05) is 18.3 Å². The molecule has 0 N–H and O–H groups in total. The molecular weight excluding hydrogens is 316 g/mol. The summed E-state index contributed by atoms with van der Waals surface area (Å²) in [4.78, 5) is 10.8. The monoisotopic (exact) mass is 328 g/mol. The van der Waals surface area contributed by atoms with Crippen LogP contribution in [0.15, 0.2) is 35.2 Å². The third-order valence-electron chi connectivity index (χ3n) is 3.57. The van der Waals surface area contributed by atoms with E-state index in [4.69, 9.17) is 5.26 Å². The van der Waals surface area contributed by atoms with Crippen molar-refractivity contribution in [3.05, 3.63) is 57.6 Å². The number of pyridine rings is 2. The molecule has 3 heterocycles. The predicted octanol–water partition coefficient (Wildman–Crippen LogP) is 2.67. The van der Waals surface area contributed by atoms with Gasteiger partial charge in [0.25, 0.3) is 0 Å². The molecule has 20 heavy (non-hydrogen) atoms. The summed E-state index contributed by atoms with van der Waals surface area (Å²) in [5, 5.41) is 9.12. The second kappa shape index (κ2) is 5.70. The van der Waals surface area contributed by atoms with Crippen LogP contribution < -0.4 is 0 Å². The molecule has 0 aromatic carbocycles. The Bertz CT molecular complexity index is 678. The SMILES string of the molecule is N#Cc1cnccc1CN1CCc2c(Br)ccnc2C1. The minimum atomic E-state index is 0.653. The summed E-state index contributed by atoms with van der Waals surface area (Å²) in [6, 6.07) is 6.11. The molecule has 1 aliphatic heterocycles. The Morgan fingerprint density at radius 2 is 2.25 bits per heavy atom. The maximum Gasteiger partial charge on any atom is 0.101 e. The number of hydrogen-bond donors (Lipinski definition) is 0. The lowest BCUT2D eigenvalue weighted by atomic mass is 10.0. The third-order valence-corrected chi connectivity index (χ3v) is 4.31. The fourth-order valence-corrected chi connectivity index (χ4v) is 3.05. The number of nitriles is 1. The van der Waals surface area contributed by atoms with Gasteiger partial charge in [-0.2, -0.15) is 5.26 Å². The zero-order valence-electron chi connectivity index (χ0n) is 10.9. The van der Waals surface area contributed by atoms with Gasteiger partial charge >= 0.3 is 0 Å². The van der Waals surface area contributed by atoms with Gasteiger partial charge in [-0.15, -0.1) is 0 Å². The highest BCUT2D eigenvalue weighted by molar-refractivity contribution is 9.10. The molecule has 0 atom stereocenters. The third kappa shape index (κ3) is 2.58. The Morgan fingerprint density at radius 3 is 3.10 bits per heavy atom. The Kier molecular flexibility index (Phi) is 3.77. The molecule has 0 spiro atoms. The van der Waals surface area contributed by atoms with Crippen LogP contribution in [-0.2, 0) is 19.5 Å². The van der Waals surface area contributed by atoms with Crippen molar-refractivity contribution in [3.63, 3.8) is 0 Å². The van der Waals surface area contributed by atoms with Crippen LogP contribution in [0.3, 0.4) is 0 Å². The van der Waals surface area contributed by atoms with Crippen LogP contribution in [0.25, 0.3) is 0 Å². The van der Waals surface area contributed by atoms with E-state index in [0.717, 1.165) is 41.8 Å². The zero-order valence-corrected chi connectivity index (χ0v) is 12.5. The molecule has 100 valence electrons. The summed E-state index contributed by atoms with van der Waals surface area (Å²) < 4.78 is 1.14. The maximum absolute atomic E-state index is 9.12. The molecule has 4 nitrogen and oxygen atoms in total. The highest BCUT2D eigenvalue weighted by atomic mass is 79.9. The molecule has 2 aromatic heterocycles. The number of nitrogens with zero attached hydrogens (tertiary/aromatic N) is 4. The van der Waals surface area contributed by atoms with Crippen molar-refractivity contribution in [3.8, 4) is 6.07 Å². The summed E-state index contributed by atoms with van der Waals surface area (Å²) in [6.07, 6.45) is 6.18. The van der Waals surface area contributed by atoms with E-state index in [1.165, 1.54) is 5.56 Å². The average Bonchev–Trinajstić information content (AvgIpc) is 2.48. The molecule has 5 heteroatoms. The summed E-state index contributed by atoms with van der Waals surface area (Å²) in [5.41, 5.74) is 4.11. The van der Waals surface area contributed by atoms with Crippen molar-refractivity contribution in [1.29, 1.82) is 5.26 Å². The molecular formula is C15H13BrN4. The molecule has 2 aromatic rings. The predicted molar refractivity (Wildman–Crippen MR) is 78.7 cm³/mol. The topological polar surface area (TPSA) is 52.8 Å². The number of rotatable bonds is 2. The molecule has 0 saturated carbocycles. The highest BCUT2D eigenvalue weighted by Gasteiger charge is 2.19. The van der Waals surface area contributed by atoms with Gasteiger partial charge in [-0.05, 0) is 29.7 Å². The number of fused-ring (bicyclic) bond motifs is 1. The van der Waals surface area contributed by atoms with Gasteiger partial charge in [0.05, 0.1) is 11.3 Å². The second-order valence-corrected chi connectivity index (χ2v) is 5.68. The molecule has 0 amide bonds. The number of aromatic nitrogens is 2. The number of hydrogen-bond acceptors (Lipinski definition) is 4. The minimum absolute atomic E-state index is 0.653. The van der Waals surface area contributed by atoms with Crippen molar-refractivity contribution in [2.75, 3.05) is 6.54 Å². The van der Waals surface area contributed by atoms with Crippen molar-refractivity contribution < 1.29 is 0 Å². The molecule has 1 aliphatic rings. The Labute approximate surface area is 126 Å². The molecule has 0 unspecified atom stereocenters. The zero-order chi connectivity index (χ0) is 13.9. The fourth-order valence-electron chi connectivity index (χ4n) is 2.51. The molecule has 0 fully saturated rings. The van der Waals surface area contributed by atoms with Crippen molar-refractivity contribution >= 4 is 15.9 Å². The van der Waals surface area contributed by atoms with Gasteiger partial charge in [0.15, 0.2) is 0 Å². The van der Waals surface area contributed by atoms with Gasteiger partial charge in [-0.25, -0.2) is 0 Å². The quantitative estimate of drug-likeness (QED) is 0.850. The van der Waals surface area contributed by atoms with Gasteiger partial charge in [0.1, 0.15) is 6.07 Å². The Morgan fingerprint density at radius 1 is 1.35 bits per heavy atom. The normalized spacial score (nSPS) is 14.6. The highest BCUT2D eigenvalue weighted by Crippen LogP contribution is 2.25. The molecule has 0 saturated heterocycles. The molecule has 3 rings (SSSR count). The largest absolute Gasteiger partial charge is 0.293 e. The van der Waals surface area contributed by atoms with E-state index in [1.54, 1.807) is 12.4 Å².